The van der Waals surface area contributed by atoms with Crippen LogP contribution in [0.3, 0.4) is 0 Å². The van der Waals surface area contributed by atoms with E-state index in [2.05, 4.69) is 13.5 Å². The summed E-state index contributed by atoms with van der Waals surface area (Å²) in [5, 5.41) is 0. The second-order valence-electron chi connectivity index (χ2n) is 2.46. The molecule has 0 aromatic heterocycles. The van der Waals surface area contributed by atoms with Gasteiger partial charge < -0.3 is 4.74 Å². The van der Waals surface area contributed by atoms with Gasteiger partial charge in [0, 0.05) is 13.0 Å². The lowest BCUT2D eigenvalue weighted by Crippen LogP contribution is -1.90. The van der Waals surface area contributed by atoms with Crippen LogP contribution in [0.5, 0.6) is 0 Å². The molecule has 1 unspecified atom stereocenters. The zero-order valence-corrected chi connectivity index (χ0v) is 5.48. The summed E-state index contributed by atoms with van der Waals surface area (Å²) in [6.07, 6.45) is 1.68. The minimum atomic E-state index is 0.493. The maximum absolute atomic E-state index is 5.07. The molecule has 1 nitrogen and oxygen atoms in total. The van der Waals surface area contributed by atoms with E-state index in [4.69, 9.17) is 4.74 Å². The molecule has 1 fully saturated rings. The van der Waals surface area contributed by atoms with Gasteiger partial charge in [-0.05, 0) is 13.3 Å². The summed E-state index contributed by atoms with van der Waals surface area (Å²) >= 11 is 0. The van der Waals surface area contributed by atoms with Crippen molar-refractivity contribution in [3.8, 4) is 0 Å². The Morgan fingerprint density at radius 3 is 2.50 bits per heavy atom. The van der Waals surface area contributed by atoms with Crippen molar-refractivity contribution in [1.82, 2.24) is 0 Å². The maximum Gasteiger partial charge on any atom is 0.0644 e. The minimum absolute atomic E-state index is 0.493. The molecule has 0 saturated heterocycles. The fourth-order valence-corrected chi connectivity index (χ4v) is 0.951. The highest BCUT2D eigenvalue weighted by molar-refractivity contribution is 5.10. The van der Waals surface area contributed by atoms with Crippen molar-refractivity contribution in [2.24, 2.45) is 5.92 Å². The van der Waals surface area contributed by atoms with E-state index < -0.39 is 0 Å². The Bertz CT molecular complexity index is 107. The normalized spacial score (nSPS) is 34.8. The van der Waals surface area contributed by atoms with Crippen molar-refractivity contribution >= 4 is 0 Å². The molecule has 0 spiro atoms. The van der Waals surface area contributed by atoms with Gasteiger partial charge in [0.2, 0.25) is 0 Å². The molecular weight excluding hydrogens is 100 g/mol. The summed E-state index contributed by atoms with van der Waals surface area (Å²) in [5.41, 5.74) is 1.26. The first-order valence-corrected chi connectivity index (χ1v) is 2.94. The van der Waals surface area contributed by atoms with Crippen molar-refractivity contribution in [1.29, 1.82) is 0 Å². The summed E-state index contributed by atoms with van der Waals surface area (Å²) < 4.78 is 5.07. The molecule has 0 N–H and O–H groups in total. The lowest BCUT2D eigenvalue weighted by atomic mass is 10.2. The highest BCUT2D eigenvalue weighted by atomic mass is 16.5. The van der Waals surface area contributed by atoms with Crippen molar-refractivity contribution in [2.75, 3.05) is 7.11 Å². The molecule has 1 aliphatic rings. The van der Waals surface area contributed by atoms with Gasteiger partial charge in [-0.1, -0.05) is 12.2 Å². The van der Waals surface area contributed by atoms with Crippen LogP contribution in [0.2, 0.25) is 0 Å². The van der Waals surface area contributed by atoms with E-state index in [1.807, 2.05) is 0 Å². The Balaban J connectivity index is 2.26. The fraction of sp³-hybridized carbons (Fsp3) is 0.714. The van der Waals surface area contributed by atoms with Crippen LogP contribution in [0.15, 0.2) is 12.2 Å². The molecule has 1 aliphatic carbocycles. The molecule has 0 aliphatic heterocycles. The van der Waals surface area contributed by atoms with Crippen LogP contribution in [0, 0.1) is 5.92 Å². The van der Waals surface area contributed by atoms with Crippen LogP contribution < -0.4 is 0 Å². The first-order valence-electron chi connectivity index (χ1n) is 2.94. The van der Waals surface area contributed by atoms with Gasteiger partial charge in [-0.15, -0.1) is 0 Å². The van der Waals surface area contributed by atoms with E-state index in [-0.39, 0.29) is 0 Å². The summed E-state index contributed by atoms with van der Waals surface area (Å²) in [6, 6.07) is 0. The average Bonchev–Trinajstić information content (AvgIpc) is 2.42. The molecular formula is C7H12O. The Labute approximate surface area is 50.3 Å². The van der Waals surface area contributed by atoms with Crippen LogP contribution in [0.1, 0.15) is 13.3 Å². The Hall–Kier alpha value is -0.300. The van der Waals surface area contributed by atoms with E-state index in [0.29, 0.717) is 12.0 Å². The van der Waals surface area contributed by atoms with E-state index in [0.717, 1.165) is 0 Å². The highest BCUT2D eigenvalue weighted by Gasteiger charge is 2.37. The van der Waals surface area contributed by atoms with E-state index in [1.165, 1.54) is 12.0 Å². The molecule has 2 atom stereocenters. The molecule has 1 rings (SSSR count). The zero-order valence-electron chi connectivity index (χ0n) is 5.48. The molecule has 0 bridgehead atoms. The number of rotatable bonds is 2. The summed E-state index contributed by atoms with van der Waals surface area (Å²) in [4.78, 5) is 0. The molecule has 0 aromatic rings. The van der Waals surface area contributed by atoms with Gasteiger partial charge in [0.15, 0.2) is 0 Å². The number of methoxy groups -OCH3 is 1. The first kappa shape index (κ1) is 5.83. The van der Waals surface area contributed by atoms with Crippen molar-refractivity contribution in [3.05, 3.63) is 12.2 Å². The van der Waals surface area contributed by atoms with Gasteiger partial charge in [0.05, 0.1) is 6.10 Å². The molecule has 0 aromatic carbocycles. The van der Waals surface area contributed by atoms with Gasteiger partial charge in [-0.3, -0.25) is 0 Å². The topological polar surface area (TPSA) is 9.23 Å². The molecule has 1 heteroatoms. The first-order chi connectivity index (χ1) is 3.75. The molecule has 0 radical (unpaired) electrons. The molecule has 0 heterocycles. The lowest BCUT2D eigenvalue weighted by molar-refractivity contribution is 0.174. The fourth-order valence-electron chi connectivity index (χ4n) is 0.951. The van der Waals surface area contributed by atoms with Crippen LogP contribution in [0.25, 0.3) is 0 Å². The second-order valence-corrected chi connectivity index (χ2v) is 2.46. The Morgan fingerprint density at radius 1 is 1.75 bits per heavy atom. The third-order valence-corrected chi connectivity index (χ3v) is 1.67. The summed E-state index contributed by atoms with van der Waals surface area (Å²) in [5.74, 6) is 0.667. The van der Waals surface area contributed by atoms with E-state index in [9.17, 15) is 0 Å². The van der Waals surface area contributed by atoms with E-state index in [1.54, 1.807) is 7.11 Å². The van der Waals surface area contributed by atoms with Gasteiger partial charge >= 0.3 is 0 Å². The lowest BCUT2D eigenvalue weighted by Gasteiger charge is -1.92. The van der Waals surface area contributed by atoms with Crippen molar-refractivity contribution in [3.63, 3.8) is 0 Å². The van der Waals surface area contributed by atoms with Crippen LogP contribution >= 0.6 is 0 Å². The molecule has 1 saturated carbocycles. The maximum atomic E-state index is 5.07. The number of ether oxygens (including phenoxy) is 1. The van der Waals surface area contributed by atoms with Gasteiger partial charge in [-0.2, -0.15) is 0 Å². The highest BCUT2D eigenvalue weighted by Crippen LogP contribution is 2.38. The summed E-state index contributed by atoms with van der Waals surface area (Å²) in [7, 11) is 1.76. The predicted octanol–water partition coefficient (Wildman–Crippen LogP) is 1.60. The van der Waals surface area contributed by atoms with E-state index >= 15 is 0 Å². The van der Waals surface area contributed by atoms with Gasteiger partial charge in [0.1, 0.15) is 0 Å². The smallest absolute Gasteiger partial charge is 0.0644 e. The number of hydrogen-bond acceptors (Lipinski definition) is 1. The largest absolute Gasteiger partial charge is 0.381 e. The van der Waals surface area contributed by atoms with Crippen LogP contribution in [-0.4, -0.2) is 13.2 Å². The Morgan fingerprint density at radius 2 is 2.38 bits per heavy atom. The molecule has 46 valence electrons. The third-order valence-electron chi connectivity index (χ3n) is 1.67. The molecule has 8 heavy (non-hydrogen) atoms. The standard InChI is InChI=1S/C7H12O/c1-5(2)6-4-7(6)8-3/h6-7H,1,4H2,2-3H3/t6-,7?/m0/s1. The number of hydrogen-bond donors (Lipinski definition) is 0. The average molecular weight is 112 g/mol. The van der Waals surface area contributed by atoms with Gasteiger partial charge in [0.25, 0.3) is 0 Å². The monoisotopic (exact) mass is 112 g/mol. The van der Waals surface area contributed by atoms with Crippen molar-refractivity contribution < 1.29 is 4.74 Å². The minimum Gasteiger partial charge on any atom is -0.381 e. The SMILES string of the molecule is C=C(C)[C@@H]1CC1OC. The van der Waals surface area contributed by atoms with Crippen LogP contribution in [-0.2, 0) is 4.74 Å². The van der Waals surface area contributed by atoms with Crippen molar-refractivity contribution in [2.45, 2.75) is 19.4 Å². The molecule has 0 amide bonds. The summed E-state index contributed by atoms with van der Waals surface area (Å²) in [6.45, 7) is 5.89. The quantitative estimate of drug-likeness (QED) is 0.493. The second kappa shape index (κ2) is 1.90. The predicted molar refractivity (Wildman–Crippen MR) is 33.7 cm³/mol. The zero-order chi connectivity index (χ0) is 6.15. The third kappa shape index (κ3) is 0.920. The van der Waals surface area contributed by atoms with Crippen LogP contribution in [0.4, 0.5) is 0 Å². The Kier molecular flexibility index (Phi) is 1.39. The van der Waals surface area contributed by atoms with Gasteiger partial charge in [-0.25, -0.2) is 0 Å².